The van der Waals surface area contributed by atoms with Gasteiger partial charge in [-0.3, -0.25) is 14.4 Å². The van der Waals surface area contributed by atoms with Crippen LogP contribution in [0.5, 0.6) is 0 Å². The summed E-state index contributed by atoms with van der Waals surface area (Å²) < 4.78 is 15.1. The van der Waals surface area contributed by atoms with Crippen molar-refractivity contribution in [2.75, 3.05) is 20.3 Å². The Labute approximate surface area is 283 Å². The van der Waals surface area contributed by atoms with Crippen LogP contribution in [0.15, 0.2) is 42.5 Å². The summed E-state index contributed by atoms with van der Waals surface area (Å²) in [5, 5.41) is 8.16. The van der Waals surface area contributed by atoms with Crippen LogP contribution in [0, 0.1) is 11.8 Å². The van der Waals surface area contributed by atoms with E-state index in [1.165, 1.54) is 24.2 Å². The third-order valence-corrected chi connectivity index (χ3v) is 7.81. The van der Waals surface area contributed by atoms with Crippen LogP contribution in [0.1, 0.15) is 78.7 Å². The van der Waals surface area contributed by atoms with Crippen LogP contribution in [0.25, 0.3) is 0 Å². The summed E-state index contributed by atoms with van der Waals surface area (Å²) in [5.74, 6) is -2.87. The molecular formula is C35H52N4O9. The van der Waals surface area contributed by atoms with Gasteiger partial charge in [0.05, 0.1) is 13.7 Å². The van der Waals surface area contributed by atoms with Crippen molar-refractivity contribution in [3.8, 4) is 0 Å². The number of esters is 2. The van der Waals surface area contributed by atoms with E-state index in [4.69, 9.17) is 14.2 Å². The van der Waals surface area contributed by atoms with Crippen LogP contribution < -0.4 is 16.0 Å². The van der Waals surface area contributed by atoms with Crippen molar-refractivity contribution in [2.45, 2.75) is 104 Å². The molecule has 0 radical (unpaired) electrons. The van der Waals surface area contributed by atoms with Gasteiger partial charge in [-0.25, -0.2) is 14.4 Å². The number of ether oxygens (including phenoxy) is 3. The molecule has 1 aromatic rings. The van der Waals surface area contributed by atoms with Gasteiger partial charge in [-0.15, -0.1) is 0 Å². The second-order valence-electron chi connectivity index (χ2n) is 12.5. The first-order valence-corrected chi connectivity index (χ1v) is 16.7. The molecule has 3 N–H and O–H groups in total. The predicted molar refractivity (Wildman–Crippen MR) is 178 cm³/mol. The van der Waals surface area contributed by atoms with Crippen molar-refractivity contribution in [2.24, 2.45) is 11.8 Å². The Bertz CT molecular complexity index is 1250. The molecule has 1 aliphatic heterocycles. The highest BCUT2D eigenvalue weighted by Gasteiger charge is 2.39. The van der Waals surface area contributed by atoms with E-state index in [2.05, 4.69) is 16.0 Å². The molecule has 13 nitrogen and oxygen atoms in total. The fraction of sp³-hybridized carbons (Fsp3) is 0.600. The first-order valence-electron chi connectivity index (χ1n) is 16.7. The molecule has 1 fully saturated rings. The van der Waals surface area contributed by atoms with E-state index in [0.717, 1.165) is 5.56 Å². The second kappa shape index (κ2) is 20.7. The van der Waals surface area contributed by atoms with Gasteiger partial charge in [-0.2, -0.15) is 0 Å². The SMILES string of the molecule is CCOC(=O)/C=C/CC[C@H](NC(=O)OCc1ccccc1)C(=O)N[C@H](C(=O)N1CCCC[C@H]1C(=O)N[C@@H](CC(C)C)C(=O)OC)C(C)C. The van der Waals surface area contributed by atoms with Crippen molar-refractivity contribution in [3.63, 3.8) is 0 Å². The summed E-state index contributed by atoms with van der Waals surface area (Å²) >= 11 is 0. The highest BCUT2D eigenvalue weighted by atomic mass is 16.5. The average Bonchev–Trinajstić information content (AvgIpc) is 3.06. The van der Waals surface area contributed by atoms with E-state index in [0.29, 0.717) is 32.2 Å². The van der Waals surface area contributed by atoms with Gasteiger partial charge in [0.1, 0.15) is 30.8 Å². The molecule has 0 aliphatic carbocycles. The largest absolute Gasteiger partial charge is 0.467 e. The summed E-state index contributed by atoms with van der Waals surface area (Å²) in [6.07, 6.45) is 4.46. The van der Waals surface area contributed by atoms with Gasteiger partial charge in [0, 0.05) is 12.6 Å². The first-order chi connectivity index (χ1) is 22.9. The zero-order valence-corrected chi connectivity index (χ0v) is 29.0. The van der Waals surface area contributed by atoms with Crippen LogP contribution in [0.4, 0.5) is 4.79 Å². The summed E-state index contributed by atoms with van der Waals surface area (Å²) in [4.78, 5) is 79.4. The Morgan fingerprint density at radius 3 is 2.27 bits per heavy atom. The molecule has 266 valence electrons. The van der Waals surface area contributed by atoms with Gasteiger partial charge < -0.3 is 35.1 Å². The van der Waals surface area contributed by atoms with E-state index < -0.39 is 59.9 Å². The highest BCUT2D eigenvalue weighted by molar-refractivity contribution is 5.95. The average molecular weight is 673 g/mol. The number of carbonyl (C=O) groups is 6. The summed E-state index contributed by atoms with van der Waals surface area (Å²) in [6.45, 7) is 9.60. The molecule has 13 heteroatoms. The van der Waals surface area contributed by atoms with E-state index >= 15 is 0 Å². The lowest BCUT2D eigenvalue weighted by Crippen LogP contribution is -2.61. The van der Waals surface area contributed by atoms with Crippen LogP contribution in [0.2, 0.25) is 0 Å². The quantitative estimate of drug-likeness (QED) is 0.128. The van der Waals surface area contributed by atoms with Gasteiger partial charge in [0.2, 0.25) is 17.7 Å². The molecule has 1 heterocycles. The molecule has 1 aromatic carbocycles. The normalized spacial score (nSPS) is 16.5. The number of rotatable bonds is 17. The maximum atomic E-state index is 14.0. The number of nitrogens with zero attached hydrogens (tertiary/aromatic N) is 1. The minimum Gasteiger partial charge on any atom is -0.467 e. The minimum absolute atomic E-state index is 0.0106. The molecule has 0 aromatic heterocycles. The Morgan fingerprint density at radius 2 is 1.65 bits per heavy atom. The van der Waals surface area contributed by atoms with Crippen LogP contribution in [-0.2, 0) is 44.8 Å². The third-order valence-electron chi connectivity index (χ3n) is 7.81. The fourth-order valence-corrected chi connectivity index (χ4v) is 5.32. The maximum absolute atomic E-state index is 14.0. The van der Waals surface area contributed by atoms with Gasteiger partial charge in [0.15, 0.2) is 0 Å². The fourth-order valence-electron chi connectivity index (χ4n) is 5.32. The molecule has 0 spiro atoms. The predicted octanol–water partition coefficient (Wildman–Crippen LogP) is 3.41. The molecule has 1 saturated heterocycles. The number of amides is 4. The molecule has 2 rings (SSSR count). The monoisotopic (exact) mass is 672 g/mol. The molecule has 4 amide bonds. The lowest BCUT2D eigenvalue weighted by molar-refractivity contribution is -0.149. The number of allylic oxidation sites excluding steroid dienone is 1. The highest BCUT2D eigenvalue weighted by Crippen LogP contribution is 2.21. The number of methoxy groups -OCH3 is 1. The number of piperidine rings is 1. The second-order valence-corrected chi connectivity index (χ2v) is 12.5. The van der Waals surface area contributed by atoms with E-state index in [1.807, 2.05) is 32.0 Å². The Balaban J connectivity index is 2.21. The minimum atomic E-state index is -1.11. The van der Waals surface area contributed by atoms with Crippen molar-refractivity contribution in [3.05, 3.63) is 48.0 Å². The Morgan fingerprint density at radius 1 is 0.938 bits per heavy atom. The van der Waals surface area contributed by atoms with Crippen molar-refractivity contribution in [1.82, 2.24) is 20.9 Å². The maximum Gasteiger partial charge on any atom is 0.408 e. The van der Waals surface area contributed by atoms with Crippen molar-refractivity contribution >= 4 is 35.8 Å². The molecule has 1 aliphatic rings. The van der Waals surface area contributed by atoms with Gasteiger partial charge in [-0.05, 0) is 62.8 Å². The lowest BCUT2D eigenvalue weighted by Gasteiger charge is -2.38. The topological polar surface area (TPSA) is 169 Å². The van der Waals surface area contributed by atoms with Crippen molar-refractivity contribution in [1.29, 1.82) is 0 Å². The summed E-state index contributed by atoms with van der Waals surface area (Å²) in [6, 6.07) is 5.24. The van der Waals surface area contributed by atoms with Gasteiger partial charge in [-0.1, -0.05) is 64.1 Å². The first kappa shape index (κ1) is 39.8. The van der Waals surface area contributed by atoms with Crippen molar-refractivity contribution < 1.29 is 43.0 Å². The number of hydrogen-bond acceptors (Lipinski definition) is 9. The zero-order chi connectivity index (χ0) is 35.6. The Kier molecular flexibility index (Phi) is 17.2. The number of benzene rings is 1. The Hall–Kier alpha value is -4.42. The number of nitrogens with one attached hydrogen (secondary N) is 3. The lowest BCUT2D eigenvalue weighted by atomic mass is 9.95. The smallest absolute Gasteiger partial charge is 0.408 e. The van der Waals surface area contributed by atoms with E-state index in [1.54, 1.807) is 32.9 Å². The van der Waals surface area contributed by atoms with Crippen LogP contribution >= 0.6 is 0 Å². The van der Waals surface area contributed by atoms with Gasteiger partial charge >= 0.3 is 18.0 Å². The third kappa shape index (κ3) is 13.4. The zero-order valence-electron chi connectivity index (χ0n) is 29.0. The standard InChI is InChI=1S/C35H52N4O9/c1-7-47-29(40)19-12-11-17-26(37-35(45)48-22-25-15-9-8-10-16-25)31(41)38-30(24(4)5)33(43)39-20-14-13-18-28(39)32(42)36-27(21-23(2)3)34(44)46-6/h8-10,12,15-16,19,23-24,26-28,30H,7,11,13-14,17-18,20-22H2,1-6H3,(H,36,42)(H,37,45)(H,38,41)/b19-12+/t26-,27-,28-,30-/m0/s1. The van der Waals surface area contributed by atoms with Gasteiger partial charge in [0.25, 0.3) is 0 Å². The number of carbonyl (C=O) groups excluding carboxylic acids is 6. The molecule has 48 heavy (non-hydrogen) atoms. The summed E-state index contributed by atoms with van der Waals surface area (Å²) in [5.41, 5.74) is 0.763. The molecule has 0 bridgehead atoms. The molecule has 0 unspecified atom stereocenters. The summed E-state index contributed by atoms with van der Waals surface area (Å²) in [7, 11) is 1.26. The van der Waals surface area contributed by atoms with Crippen LogP contribution in [0.3, 0.4) is 0 Å². The number of alkyl carbamates (subject to hydrolysis) is 1. The van der Waals surface area contributed by atoms with E-state index in [-0.39, 0.29) is 37.9 Å². The number of hydrogen-bond donors (Lipinski definition) is 3. The molecular weight excluding hydrogens is 620 g/mol. The number of likely N-dealkylation sites (tertiary alicyclic amines) is 1. The molecule has 0 saturated carbocycles. The van der Waals surface area contributed by atoms with E-state index in [9.17, 15) is 28.8 Å². The van der Waals surface area contributed by atoms with Crippen LogP contribution in [-0.4, -0.2) is 85.1 Å². The molecule has 4 atom stereocenters.